The lowest BCUT2D eigenvalue weighted by atomic mass is 10.2. The van der Waals surface area contributed by atoms with E-state index in [1.54, 1.807) is 0 Å². The van der Waals surface area contributed by atoms with Gasteiger partial charge in [0.1, 0.15) is 11.2 Å². The lowest BCUT2D eigenvalue weighted by Gasteiger charge is -2.21. The molecular formula is C10H15FN2O3S. The zero-order valence-electron chi connectivity index (χ0n) is 9.43. The minimum absolute atomic E-state index is 0.0754. The molecular weight excluding hydrogens is 247 g/mol. The second kappa shape index (κ2) is 6.63. The third-order valence-corrected chi connectivity index (χ3v) is 2.85. The average molecular weight is 262 g/mol. The average Bonchev–Trinajstić information content (AvgIpc) is 2.83. The first-order valence-electron chi connectivity index (χ1n) is 5.20. The molecule has 0 radical (unpaired) electrons. The fraction of sp³-hybridized carbons (Fsp3) is 0.600. The minimum Gasteiger partial charge on any atom is -0.394 e. The number of hydrogen-bond acceptors (Lipinski definition) is 4. The maximum absolute atomic E-state index is 13.4. The Kier molecular flexibility index (Phi) is 5.46. The number of carbonyl (C=O) groups excluding carboxylic acids is 1. The molecule has 1 saturated heterocycles. The summed E-state index contributed by atoms with van der Waals surface area (Å²) in [5, 5.41) is 11.4. The van der Waals surface area contributed by atoms with Gasteiger partial charge in [0.05, 0.1) is 12.7 Å². The van der Waals surface area contributed by atoms with Crippen LogP contribution in [0.2, 0.25) is 0 Å². The highest BCUT2D eigenvalue weighted by Crippen LogP contribution is 2.22. The molecule has 0 aromatic heterocycles. The Morgan fingerprint density at radius 3 is 2.88 bits per heavy atom. The van der Waals surface area contributed by atoms with Crippen LogP contribution in [0.5, 0.6) is 0 Å². The molecule has 0 aromatic rings. The van der Waals surface area contributed by atoms with E-state index in [1.165, 1.54) is 7.05 Å². The Hall–Kier alpha value is -1.05. The molecule has 1 aliphatic rings. The Balaban J connectivity index is 2.66. The van der Waals surface area contributed by atoms with Gasteiger partial charge in [-0.25, -0.2) is 4.39 Å². The number of hydrogen-bond donors (Lipinski definition) is 2. The number of ether oxygens (including phenoxy) is 1. The third kappa shape index (κ3) is 3.72. The normalized spacial score (nSPS) is 24.5. The summed E-state index contributed by atoms with van der Waals surface area (Å²) in [5.74, 6) is -0.703. The predicted octanol–water partition coefficient (Wildman–Crippen LogP) is 0.300. The molecule has 7 heteroatoms. The smallest absolute Gasteiger partial charge is 0.215 e. The maximum atomic E-state index is 13.4. The van der Waals surface area contributed by atoms with Crippen LogP contribution >= 0.6 is 12.2 Å². The first-order valence-corrected chi connectivity index (χ1v) is 5.61. The van der Waals surface area contributed by atoms with Gasteiger partial charge in [-0.2, -0.15) is 0 Å². The highest BCUT2D eigenvalue weighted by Gasteiger charge is 2.28. The summed E-state index contributed by atoms with van der Waals surface area (Å²) in [6.07, 6.45) is 1.82. The van der Waals surface area contributed by atoms with E-state index in [0.717, 1.165) is 11.1 Å². The van der Waals surface area contributed by atoms with Crippen LogP contribution in [-0.4, -0.2) is 47.4 Å². The largest absolute Gasteiger partial charge is 0.394 e. The number of rotatable bonds is 5. The number of halogens is 1. The van der Waals surface area contributed by atoms with Crippen molar-refractivity contribution in [3.63, 3.8) is 0 Å². The molecule has 0 spiro atoms. The van der Waals surface area contributed by atoms with Gasteiger partial charge in [0, 0.05) is 13.2 Å². The summed E-state index contributed by atoms with van der Waals surface area (Å²) in [4.78, 5) is 11.8. The van der Waals surface area contributed by atoms with E-state index in [2.05, 4.69) is 17.5 Å². The van der Waals surface area contributed by atoms with Crippen LogP contribution in [0.3, 0.4) is 0 Å². The van der Waals surface area contributed by atoms with E-state index >= 15 is 0 Å². The second-order valence-corrected chi connectivity index (χ2v) is 3.99. The maximum Gasteiger partial charge on any atom is 0.215 e. The van der Waals surface area contributed by atoms with E-state index in [-0.39, 0.29) is 17.7 Å². The topological polar surface area (TPSA) is 61.8 Å². The van der Waals surface area contributed by atoms with Gasteiger partial charge in [0.25, 0.3) is 0 Å². The van der Waals surface area contributed by atoms with Crippen molar-refractivity contribution in [3.05, 3.63) is 12.0 Å². The predicted molar refractivity (Wildman–Crippen MR) is 63.7 cm³/mol. The summed E-state index contributed by atoms with van der Waals surface area (Å²) in [5.41, 5.74) is 0. The fourth-order valence-corrected chi connectivity index (χ4v) is 1.58. The number of aliphatic hydroxyl groups excluding tert-OH is 1. The standard InChI is InChI=1S/C10H15FN2O3S/c1-12-10(17)8(11)4-13(6-15)9-3-2-7(5-14)16-9/h4,6-7,9,14H,2-3,5H2,1H3,(H,12,17)/b8-4+. The Labute approximate surface area is 104 Å². The number of thiocarbonyl (C=S) groups is 1. The highest BCUT2D eigenvalue weighted by atomic mass is 32.1. The monoisotopic (exact) mass is 262 g/mol. The molecule has 0 saturated carbocycles. The van der Waals surface area contributed by atoms with E-state index in [9.17, 15) is 9.18 Å². The number of carbonyl (C=O) groups is 1. The zero-order chi connectivity index (χ0) is 12.8. The van der Waals surface area contributed by atoms with Crippen molar-refractivity contribution < 1.29 is 19.0 Å². The molecule has 0 bridgehead atoms. The zero-order valence-corrected chi connectivity index (χ0v) is 10.2. The van der Waals surface area contributed by atoms with Crippen molar-refractivity contribution >= 4 is 23.6 Å². The summed E-state index contributed by atoms with van der Waals surface area (Å²) >= 11 is 4.69. The van der Waals surface area contributed by atoms with Crippen LogP contribution in [0.25, 0.3) is 0 Å². The first-order chi connectivity index (χ1) is 8.12. The third-order valence-electron chi connectivity index (χ3n) is 2.45. The molecule has 96 valence electrons. The summed E-state index contributed by atoms with van der Waals surface area (Å²) in [6.45, 7) is -0.107. The van der Waals surface area contributed by atoms with E-state index in [0.29, 0.717) is 19.3 Å². The Bertz CT molecular complexity index is 325. The van der Waals surface area contributed by atoms with Gasteiger partial charge in [-0.15, -0.1) is 0 Å². The van der Waals surface area contributed by atoms with Crippen LogP contribution in [0.1, 0.15) is 12.8 Å². The van der Waals surface area contributed by atoms with Gasteiger partial charge >= 0.3 is 0 Å². The fourth-order valence-electron chi connectivity index (χ4n) is 1.53. The minimum atomic E-state index is -0.703. The van der Waals surface area contributed by atoms with Gasteiger partial charge in [0.2, 0.25) is 6.41 Å². The van der Waals surface area contributed by atoms with Crippen molar-refractivity contribution in [2.45, 2.75) is 25.2 Å². The second-order valence-electron chi connectivity index (χ2n) is 3.58. The van der Waals surface area contributed by atoms with Crippen LogP contribution < -0.4 is 5.32 Å². The molecule has 2 atom stereocenters. The molecule has 0 aliphatic carbocycles. The Morgan fingerprint density at radius 2 is 2.41 bits per heavy atom. The van der Waals surface area contributed by atoms with Crippen LogP contribution in [0.15, 0.2) is 12.0 Å². The molecule has 1 rings (SSSR count). The first kappa shape index (κ1) is 14.0. The number of nitrogens with zero attached hydrogens (tertiary/aromatic N) is 1. The lowest BCUT2D eigenvalue weighted by molar-refractivity contribution is -0.127. The van der Waals surface area contributed by atoms with E-state index in [1.807, 2.05) is 0 Å². The number of amides is 1. The van der Waals surface area contributed by atoms with Crippen LogP contribution in [0.4, 0.5) is 4.39 Å². The molecule has 1 amide bonds. The number of likely N-dealkylation sites (N-methyl/N-ethyl adjacent to an activating group) is 1. The quantitative estimate of drug-likeness (QED) is 0.424. The van der Waals surface area contributed by atoms with E-state index < -0.39 is 12.1 Å². The van der Waals surface area contributed by atoms with Crippen LogP contribution in [0, 0.1) is 0 Å². The van der Waals surface area contributed by atoms with Crippen molar-refractivity contribution in [2.24, 2.45) is 0 Å². The SMILES string of the molecule is CNC(=S)/C(F)=C\N(C=O)C1CCC(CO)O1. The summed E-state index contributed by atoms with van der Waals surface area (Å²) < 4.78 is 18.8. The molecule has 2 N–H and O–H groups in total. The Morgan fingerprint density at radius 1 is 1.71 bits per heavy atom. The summed E-state index contributed by atoms with van der Waals surface area (Å²) in [6, 6.07) is 0. The van der Waals surface area contributed by atoms with Gasteiger partial charge in [0.15, 0.2) is 5.83 Å². The van der Waals surface area contributed by atoms with Crippen molar-refractivity contribution in [1.29, 1.82) is 0 Å². The van der Waals surface area contributed by atoms with Crippen molar-refractivity contribution in [2.75, 3.05) is 13.7 Å². The molecule has 0 aromatic carbocycles. The van der Waals surface area contributed by atoms with Crippen molar-refractivity contribution in [1.82, 2.24) is 10.2 Å². The molecule has 2 unspecified atom stereocenters. The molecule has 1 aliphatic heterocycles. The van der Waals surface area contributed by atoms with Gasteiger partial charge < -0.3 is 15.2 Å². The van der Waals surface area contributed by atoms with Gasteiger partial charge in [-0.3, -0.25) is 9.69 Å². The molecule has 1 fully saturated rings. The summed E-state index contributed by atoms with van der Waals surface area (Å²) in [7, 11) is 1.49. The van der Waals surface area contributed by atoms with E-state index in [4.69, 9.17) is 9.84 Å². The van der Waals surface area contributed by atoms with Crippen LogP contribution in [-0.2, 0) is 9.53 Å². The lowest BCUT2D eigenvalue weighted by Crippen LogP contribution is -2.31. The number of nitrogens with one attached hydrogen (secondary N) is 1. The van der Waals surface area contributed by atoms with Crippen molar-refractivity contribution in [3.8, 4) is 0 Å². The number of aliphatic hydroxyl groups is 1. The molecule has 17 heavy (non-hydrogen) atoms. The molecule has 1 heterocycles. The highest BCUT2D eigenvalue weighted by molar-refractivity contribution is 7.80. The van der Waals surface area contributed by atoms with Gasteiger partial charge in [-0.1, -0.05) is 12.2 Å². The molecule has 5 nitrogen and oxygen atoms in total. The van der Waals surface area contributed by atoms with Gasteiger partial charge in [-0.05, 0) is 12.8 Å².